The van der Waals surface area contributed by atoms with Crippen molar-refractivity contribution in [2.75, 3.05) is 18.0 Å². The van der Waals surface area contributed by atoms with Crippen LogP contribution in [0.1, 0.15) is 31.1 Å². The summed E-state index contributed by atoms with van der Waals surface area (Å²) in [4.78, 5) is 17.1. The van der Waals surface area contributed by atoms with E-state index < -0.39 is 0 Å². The standard InChI is InChI=1S/C21H18ClN5OS/c22-14-3-1-2-13(10-14)17-25-19(28-26-17)16-11-21(16)5-7-27(8-6-21)18-15-4-9-29-20(15)24-12-23-18/h1-4,9-10,12,16H,5-8,11H2/t16-/m1/s1. The maximum Gasteiger partial charge on any atom is 0.230 e. The van der Waals surface area contributed by atoms with Gasteiger partial charge < -0.3 is 9.42 Å². The highest BCUT2D eigenvalue weighted by Gasteiger charge is 2.58. The van der Waals surface area contributed by atoms with Gasteiger partial charge in [0.1, 0.15) is 17.0 Å². The molecule has 6 rings (SSSR count). The van der Waals surface area contributed by atoms with Crippen molar-refractivity contribution in [3.63, 3.8) is 0 Å². The molecule has 1 aliphatic heterocycles. The van der Waals surface area contributed by atoms with Crippen LogP contribution in [-0.2, 0) is 0 Å². The topological polar surface area (TPSA) is 67.9 Å². The van der Waals surface area contributed by atoms with Crippen molar-refractivity contribution in [1.82, 2.24) is 20.1 Å². The Hall–Kier alpha value is -2.51. The molecule has 0 amide bonds. The Morgan fingerprint density at radius 2 is 2.07 bits per heavy atom. The second-order valence-corrected chi connectivity index (χ2v) is 9.24. The first-order valence-electron chi connectivity index (χ1n) is 9.75. The van der Waals surface area contributed by atoms with E-state index in [2.05, 4.69) is 36.5 Å². The molecule has 1 aromatic carbocycles. The van der Waals surface area contributed by atoms with Crippen molar-refractivity contribution in [2.24, 2.45) is 5.41 Å². The summed E-state index contributed by atoms with van der Waals surface area (Å²) in [5.41, 5.74) is 1.18. The molecule has 4 aromatic rings. The highest BCUT2D eigenvalue weighted by Crippen LogP contribution is 2.64. The molecule has 8 heteroatoms. The minimum Gasteiger partial charge on any atom is -0.356 e. The number of nitrogens with zero attached hydrogens (tertiary/aromatic N) is 5. The Labute approximate surface area is 176 Å². The fraction of sp³-hybridized carbons (Fsp3) is 0.333. The van der Waals surface area contributed by atoms with E-state index in [4.69, 9.17) is 16.1 Å². The van der Waals surface area contributed by atoms with Gasteiger partial charge >= 0.3 is 0 Å². The lowest BCUT2D eigenvalue weighted by Gasteiger charge is -2.33. The molecule has 0 N–H and O–H groups in total. The number of benzene rings is 1. The quantitative estimate of drug-likeness (QED) is 0.453. The van der Waals surface area contributed by atoms with Crippen molar-refractivity contribution >= 4 is 39.0 Å². The normalized spacial score (nSPS) is 20.4. The second kappa shape index (κ2) is 6.50. The Bertz CT molecular complexity index is 1200. The van der Waals surface area contributed by atoms with E-state index in [1.54, 1.807) is 17.7 Å². The van der Waals surface area contributed by atoms with Gasteiger partial charge in [-0.15, -0.1) is 11.3 Å². The maximum absolute atomic E-state index is 6.09. The van der Waals surface area contributed by atoms with E-state index in [9.17, 15) is 0 Å². The summed E-state index contributed by atoms with van der Waals surface area (Å²) in [6.07, 6.45) is 5.02. The average molecular weight is 424 g/mol. The fourth-order valence-electron chi connectivity index (χ4n) is 4.56. The lowest BCUT2D eigenvalue weighted by molar-refractivity contribution is 0.326. The summed E-state index contributed by atoms with van der Waals surface area (Å²) in [6, 6.07) is 9.69. The summed E-state index contributed by atoms with van der Waals surface area (Å²) in [6.45, 7) is 1.99. The number of hydrogen-bond donors (Lipinski definition) is 0. The van der Waals surface area contributed by atoms with Gasteiger partial charge in [-0.3, -0.25) is 0 Å². The number of anilines is 1. The number of halogens is 1. The number of aromatic nitrogens is 4. The van der Waals surface area contributed by atoms with E-state index in [-0.39, 0.29) is 5.41 Å². The minimum absolute atomic E-state index is 0.287. The first-order valence-corrected chi connectivity index (χ1v) is 11.0. The van der Waals surface area contributed by atoms with Gasteiger partial charge in [0.25, 0.3) is 0 Å². The highest BCUT2D eigenvalue weighted by molar-refractivity contribution is 7.16. The van der Waals surface area contributed by atoms with Crippen molar-refractivity contribution in [1.29, 1.82) is 0 Å². The molecule has 1 saturated carbocycles. The number of hydrogen-bond acceptors (Lipinski definition) is 7. The third kappa shape index (κ3) is 2.91. The van der Waals surface area contributed by atoms with Gasteiger partial charge in [-0.2, -0.15) is 4.98 Å². The zero-order valence-corrected chi connectivity index (χ0v) is 17.2. The van der Waals surface area contributed by atoms with Crippen LogP contribution in [0.3, 0.4) is 0 Å². The zero-order chi connectivity index (χ0) is 19.4. The lowest BCUT2D eigenvalue weighted by atomic mass is 9.90. The van der Waals surface area contributed by atoms with Crippen LogP contribution in [0.15, 0.2) is 46.6 Å². The van der Waals surface area contributed by atoms with Crippen molar-refractivity contribution in [3.05, 3.63) is 53.0 Å². The van der Waals surface area contributed by atoms with Crippen molar-refractivity contribution in [2.45, 2.75) is 25.2 Å². The lowest BCUT2D eigenvalue weighted by Crippen LogP contribution is -2.35. The van der Waals surface area contributed by atoms with E-state index >= 15 is 0 Å². The van der Waals surface area contributed by atoms with Gasteiger partial charge in [-0.25, -0.2) is 9.97 Å². The molecule has 0 unspecified atom stereocenters. The number of piperidine rings is 1. The van der Waals surface area contributed by atoms with Gasteiger partial charge in [0, 0.05) is 29.6 Å². The van der Waals surface area contributed by atoms with Crippen LogP contribution in [0.5, 0.6) is 0 Å². The predicted molar refractivity (Wildman–Crippen MR) is 113 cm³/mol. The molecule has 2 aliphatic rings. The summed E-state index contributed by atoms with van der Waals surface area (Å²) in [7, 11) is 0. The third-order valence-electron chi connectivity index (χ3n) is 6.31. The average Bonchev–Trinajstić information content (AvgIpc) is 3.13. The van der Waals surface area contributed by atoms with Crippen LogP contribution in [0, 0.1) is 5.41 Å². The van der Waals surface area contributed by atoms with Crippen LogP contribution >= 0.6 is 22.9 Å². The molecule has 146 valence electrons. The molecule has 1 aliphatic carbocycles. The largest absolute Gasteiger partial charge is 0.356 e. The first-order chi connectivity index (χ1) is 14.2. The van der Waals surface area contributed by atoms with E-state index in [0.717, 1.165) is 59.8 Å². The molecule has 0 radical (unpaired) electrons. The monoisotopic (exact) mass is 423 g/mol. The SMILES string of the molecule is Clc1cccc(-c2noc([C@H]3CC34CCN(c3ncnc5sccc35)CC4)n2)c1. The fourth-order valence-corrected chi connectivity index (χ4v) is 5.48. The second-order valence-electron chi connectivity index (χ2n) is 7.91. The molecule has 1 spiro atoms. The Kier molecular flexibility index (Phi) is 3.89. The molecule has 29 heavy (non-hydrogen) atoms. The summed E-state index contributed by atoms with van der Waals surface area (Å²) >= 11 is 7.75. The molecular weight excluding hydrogens is 406 g/mol. The van der Waals surface area contributed by atoms with Gasteiger partial charge in [-0.1, -0.05) is 28.9 Å². The van der Waals surface area contributed by atoms with Crippen LogP contribution < -0.4 is 4.90 Å². The molecule has 0 bridgehead atoms. The number of thiophene rings is 1. The van der Waals surface area contributed by atoms with Crippen LogP contribution in [0.4, 0.5) is 5.82 Å². The summed E-state index contributed by atoms with van der Waals surface area (Å²) in [5.74, 6) is 2.79. The smallest absolute Gasteiger partial charge is 0.230 e. The number of fused-ring (bicyclic) bond motifs is 1. The van der Waals surface area contributed by atoms with E-state index in [0.29, 0.717) is 16.8 Å². The summed E-state index contributed by atoms with van der Waals surface area (Å²) < 4.78 is 5.63. The van der Waals surface area contributed by atoms with Gasteiger partial charge in [0.15, 0.2) is 0 Å². The molecular formula is C21H18ClN5OS. The highest BCUT2D eigenvalue weighted by atomic mass is 35.5. The van der Waals surface area contributed by atoms with Crippen molar-refractivity contribution in [3.8, 4) is 11.4 Å². The van der Waals surface area contributed by atoms with Crippen molar-refractivity contribution < 1.29 is 4.52 Å². The molecule has 6 nitrogen and oxygen atoms in total. The minimum atomic E-state index is 0.287. The van der Waals surface area contributed by atoms with E-state index in [1.165, 1.54) is 0 Å². The van der Waals surface area contributed by atoms with Gasteiger partial charge in [-0.05, 0) is 48.3 Å². The summed E-state index contributed by atoms with van der Waals surface area (Å²) in [5, 5.41) is 8.10. The van der Waals surface area contributed by atoms with Crippen LogP contribution in [0.25, 0.3) is 21.6 Å². The Morgan fingerprint density at radius 3 is 2.93 bits per heavy atom. The van der Waals surface area contributed by atoms with E-state index in [1.807, 2.05) is 24.3 Å². The van der Waals surface area contributed by atoms with Gasteiger partial charge in [0.05, 0.1) is 5.39 Å². The molecule has 1 atom stereocenters. The molecule has 3 aromatic heterocycles. The third-order valence-corrected chi connectivity index (χ3v) is 7.37. The molecule has 2 fully saturated rings. The maximum atomic E-state index is 6.09. The Morgan fingerprint density at radius 1 is 1.17 bits per heavy atom. The number of rotatable bonds is 3. The molecule has 4 heterocycles. The first kappa shape index (κ1) is 17.4. The van der Waals surface area contributed by atoms with Crippen LogP contribution in [-0.4, -0.2) is 33.2 Å². The van der Waals surface area contributed by atoms with Gasteiger partial charge in [0.2, 0.25) is 11.7 Å². The Balaban J connectivity index is 1.18. The zero-order valence-electron chi connectivity index (χ0n) is 15.6. The predicted octanol–water partition coefficient (Wildman–Crippen LogP) is 5.17. The molecule has 1 saturated heterocycles. The van der Waals surface area contributed by atoms with Crippen LogP contribution in [0.2, 0.25) is 5.02 Å².